The van der Waals surface area contributed by atoms with E-state index in [1.165, 1.54) is 13.0 Å². The number of hydrogen-bond donors (Lipinski definition) is 2. The molecule has 0 bridgehead atoms. The predicted octanol–water partition coefficient (Wildman–Crippen LogP) is 0.723. The van der Waals surface area contributed by atoms with Crippen molar-refractivity contribution in [3.63, 3.8) is 0 Å². The average Bonchev–Trinajstić information content (AvgIpc) is 2.48. The van der Waals surface area contributed by atoms with Crippen molar-refractivity contribution in [3.8, 4) is 0 Å². The quantitative estimate of drug-likeness (QED) is 0.568. The summed E-state index contributed by atoms with van der Waals surface area (Å²) < 4.78 is 0. The molecular formula is C8H18N2. The molecule has 1 heterocycles. The summed E-state index contributed by atoms with van der Waals surface area (Å²) in [6.45, 7) is 6.62. The molecule has 1 aliphatic rings. The van der Waals surface area contributed by atoms with Gasteiger partial charge in [0.15, 0.2) is 0 Å². The van der Waals surface area contributed by atoms with Crippen LogP contribution in [0.15, 0.2) is 0 Å². The minimum atomic E-state index is 0.447. The van der Waals surface area contributed by atoms with Gasteiger partial charge in [-0.3, -0.25) is 0 Å². The average molecular weight is 142 g/mol. The van der Waals surface area contributed by atoms with Gasteiger partial charge >= 0.3 is 0 Å². The fraction of sp³-hybridized carbons (Fsp3) is 1.00. The number of nitrogens with one attached hydrogen (secondary N) is 1. The zero-order valence-corrected chi connectivity index (χ0v) is 6.98. The van der Waals surface area contributed by atoms with E-state index in [0.29, 0.717) is 5.41 Å². The van der Waals surface area contributed by atoms with Gasteiger partial charge in [-0.2, -0.15) is 0 Å². The van der Waals surface area contributed by atoms with E-state index in [9.17, 15) is 0 Å². The molecule has 0 aromatic rings. The van der Waals surface area contributed by atoms with Gasteiger partial charge in [0.2, 0.25) is 0 Å². The lowest BCUT2D eigenvalue weighted by atomic mass is 9.84. The van der Waals surface area contributed by atoms with Gasteiger partial charge in [-0.15, -0.1) is 0 Å². The predicted molar refractivity (Wildman–Crippen MR) is 43.9 cm³/mol. The maximum atomic E-state index is 5.49. The molecule has 0 radical (unpaired) electrons. The van der Waals surface area contributed by atoms with Crippen LogP contribution in [0.25, 0.3) is 0 Å². The lowest BCUT2D eigenvalue weighted by molar-refractivity contribution is 0.311. The topological polar surface area (TPSA) is 48.0 Å². The van der Waals surface area contributed by atoms with E-state index in [-0.39, 0.29) is 0 Å². The largest absolute Gasteiger partial charge is 0.330 e. The summed E-state index contributed by atoms with van der Waals surface area (Å²) >= 11 is 0. The van der Waals surface area contributed by atoms with Crippen LogP contribution in [0.3, 0.4) is 0 Å². The van der Waals surface area contributed by atoms with Gasteiger partial charge < -0.3 is 11.1 Å². The Hall–Kier alpha value is -0.0800. The highest BCUT2D eigenvalue weighted by atomic mass is 15.1. The monoisotopic (exact) mass is 142 g/mol. The molecule has 1 unspecified atom stereocenters. The molecule has 60 valence electrons. The van der Waals surface area contributed by atoms with Crippen LogP contribution < -0.4 is 11.1 Å². The number of nitrogens with two attached hydrogens (primary N) is 1. The van der Waals surface area contributed by atoms with Crippen molar-refractivity contribution in [1.82, 2.24) is 5.32 Å². The summed E-state index contributed by atoms with van der Waals surface area (Å²) in [6.07, 6.45) is 2.43. The molecular weight excluding hydrogens is 124 g/mol. The first kappa shape index (κ1) is 8.02. The second-order valence-corrected chi connectivity index (χ2v) is 4.01. The SMILES string of the molecule is CC(C)(CCN)CC1CN1. The van der Waals surface area contributed by atoms with Crippen molar-refractivity contribution in [3.05, 3.63) is 0 Å². The molecule has 1 rings (SSSR count). The third kappa shape index (κ3) is 2.67. The van der Waals surface area contributed by atoms with E-state index in [1.54, 1.807) is 0 Å². The van der Waals surface area contributed by atoms with E-state index in [4.69, 9.17) is 5.73 Å². The van der Waals surface area contributed by atoms with Gasteiger partial charge in [0.25, 0.3) is 0 Å². The van der Waals surface area contributed by atoms with Crippen molar-refractivity contribution in [1.29, 1.82) is 0 Å². The van der Waals surface area contributed by atoms with Gasteiger partial charge in [0.1, 0.15) is 0 Å². The van der Waals surface area contributed by atoms with Crippen molar-refractivity contribution in [2.75, 3.05) is 13.1 Å². The van der Waals surface area contributed by atoms with E-state index in [2.05, 4.69) is 19.2 Å². The molecule has 0 aliphatic carbocycles. The Morgan fingerprint density at radius 3 is 2.60 bits per heavy atom. The highest BCUT2D eigenvalue weighted by Crippen LogP contribution is 2.28. The second kappa shape index (κ2) is 2.89. The third-order valence-corrected chi connectivity index (χ3v) is 2.11. The molecule has 1 saturated heterocycles. The first-order chi connectivity index (χ1) is 4.64. The maximum Gasteiger partial charge on any atom is 0.0198 e. The van der Waals surface area contributed by atoms with E-state index in [0.717, 1.165) is 19.0 Å². The van der Waals surface area contributed by atoms with Gasteiger partial charge in [-0.05, 0) is 24.8 Å². The summed E-state index contributed by atoms with van der Waals surface area (Å²) in [5, 5.41) is 3.31. The molecule has 1 atom stereocenters. The summed E-state index contributed by atoms with van der Waals surface area (Å²) in [5.41, 5.74) is 5.94. The molecule has 1 aliphatic heterocycles. The van der Waals surface area contributed by atoms with Crippen LogP contribution in [0.4, 0.5) is 0 Å². The number of rotatable bonds is 4. The van der Waals surface area contributed by atoms with Crippen LogP contribution in [-0.4, -0.2) is 19.1 Å². The fourth-order valence-corrected chi connectivity index (χ4v) is 1.39. The van der Waals surface area contributed by atoms with Crippen LogP contribution in [0.1, 0.15) is 26.7 Å². The Labute approximate surface area is 63.2 Å². The van der Waals surface area contributed by atoms with Crippen LogP contribution in [-0.2, 0) is 0 Å². The van der Waals surface area contributed by atoms with Gasteiger partial charge in [-0.1, -0.05) is 13.8 Å². The first-order valence-corrected chi connectivity index (χ1v) is 4.07. The molecule has 0 saturated carbocycles. The lowest BCUT2D eigenvalue weighted by Gasteiger charge is -2.22. The molecule has 3 N–H and O–H groups in total. The Kier molecular flexibility index (Phi) is 2.32. The Balaban J connectivity index is 2.19. The summed E-state index contributed by atoms with van der Waals surface area (Å²) in [6, 6.07) is 0.793. The third-order valence-electron chi connectivity index (χ3n) is 2.11. The maximum absolute atomic E-state index is 5.49. The van der Waals surface area contributed by atoms with Crippen molar-refractivity contribution < 1.29 is 0 Å². The Morgan fingerprint density at radius 1 is 1.60 bits per heavy atom. The van der Waals surface area contributed by atoms with Crippen LogP contribution in [0, 0.1) is 5.41 Å². The summed E-state index contributed by atoms with van der Waals surface area (Å²) in [4.78, 5) is 0. The van der Waals surface area contributed by atoms with E-state index < -0.39 is 0 Å². The molecule has 0 aromatic heterocycles. The molecule has 0 aromatic carbocycles. The fourth-order valence-electron chi connectivity index (χ4n) is 1.39. The van der Waals surface area contributed by atoms with E-state index in [1.807, 2.05) is 0 Å². The minimum Gasteiger partial charge on any atom is -0.330 e. The normalized spacial score (nSPS) is 24.9. The Bertz CT molecular complexity index is 106. The molecule has 0 amide bonds. The molecule has 10 heavy (non-hydrogen) atoms. The van der Waals surface area contributed by atoms with Crippen molar-refractivity contribution in [2.45, 2.75) is 32.7 Å². The molecule has 2 nitrogen and oxygen atoms in total. The summed E-state index contributed by atoms with van der Waals surface area (Å²) in [5.74, 6) is 0. The van der Waals surface area contributed by atoms with Crippen LogP contribution >= 0.6 is 0 Å². The Morgan fingerprint density at radius 2 is 2.20 bits per heavy atom. The van der Waals surface area contributed by atoms with Crippen molar-refractivity contribution >= 4 is 0 Å². The van der Waals surface area contributed by atoms with Gasteiger partial charge in [0.05, 0.1) is 0 Å². The molecule has 1 fully saturated rings. The lowest BCUT2D eigenvalue weighted by Crippen LogP contribution is -2.19. The molecule has 2 heteroatoms. The highest BCUT2D eigenvalue weighted by Gasteiger charge is 2.28. The van der Waals surface area contributed by atoms with Crippen LogP contribution in [0.2, 0.25) is 0 Å². The molecule has 0 spiro atoms. The van der Waals surface area contributed by atoms with Gasteiger partial charge in [0, 0.05) is 12.6 Å². The second-order valence-electron chi connectivity index (χ2n) is 4.01. The smallest absolute Gasteiger partial charge is 0.0198 e. The number of hydrogen-bond acceptors (Lipinski definition) is 2. The zero-order chi connectivity index (χ0) is 7.61. The van der Waals surface area contributed by atoms with Crippen LogP contribution in [0.5, 0.6) is 0 Å². The van der Waals surface area contributed by atoms with E-state index >= 15 is 0 Å². The minimum absolute atomic E-state index is 0.447. The standard InChI is InChI=1S/C8H18N2/c1-8(2,3-4-9)5-7-6-10-7/h7,10H,3-6,9H2,1-2H3. The van der Waals surface area contributed by atoms with Gasteiger partial charge in [-0.25, -0.2) is 0 Å². The first-order valence-electron chi connectivity index (χ1n) is 4.07. The zero-order valence-electron chi connectivity index (χ0n) is 6.98. The van der Waals surface area contributed by atoms with Crippen molar-refractivity contribution in [2.24, 2.45) is 11.1 Å². The highest BCUT2D eigenvalue weighted by molar-refractivity contribution is 4.88. The summed E-state index contributed by atoms with van der Waals surface area (Å²) in [7, 11) is 0.